The maximum atomic E-state index is 12.2. The summed E-state index contributed by atoms with van der Waals surface area (Å²) in [6, 6.07) is 13.0. The molecule has 5 nitrogen and oxygen atoms in total. The van der Waals surface area contributed by atoms with Crippen molar-refractivity contribution >= 4 is 51.9 Å². The predicted molar refractivity (Wildman–Crippen MR) is 121 cm³/mol. The summed E-state index contributed by atoms with van der Waals surface area (Å²) in [5, 5.41) is 0.397. The van der Waals surface area contributed by atoms with Gasteiger partial charge in [0.1, 0.15) is 23.3 Å². The second-order valence-corrected chi connectivity index (χ2v) is 8.10. The number of para-hydroxylation sites is 1. The van der Waals surface area contributed by atoms with Gasteiger partial charge in [-0.1, -0.05) is 53.8 Å². The summed E-state index contributed by atoms with van der Waals surface area (Å²) in [5.41, 5.74) is 0.736. The van der Waals surface area contributed by atoms with Crippen molar-refractivity contribution in [2.24, 2.45) is 0 Å². The number of carbonyl (C=O) groups excluding carboxylic acids is 1. The van der Waals surface area contributed by atoms with Crippen LogP contribution < -0.4 is 14.2 Å². The van der Waals surface area contributed by atoms with E-state index >= 15 is 0 Å². The highest BCUT2D eigenvalue weighted by Crippen LogP contribution is 2.39. The van der Waals surface area contributed by atoms with Gasteiger partial charge in [-0.2, -0.15) is 0 Å². The number of thioether (sulfide) groups is 1. The van der Waals surface area contributed by atoms with Crippen molar-refractivity contribution in [3.8, 4) is 17.2 Å². The van der Waals surface area contributed by atoms with Crippen LogP contribution in [-0.2, 0) is 4.79 Å². The summed E-state index contributed by atoms with van der Waals surface area (Å²) >= 11 is 12.9. The van der Waals surface area contributed by atoms with Crippen LogP contribution in [0.2, 0.25) is 5.02 Å². The lowest BCUT2D eigenvalue weighted by molar-refractivity contribution is -0.121. The molecule has 0 aromatic heterocycles. The fourth-order valence-electron chi connectivity index (χ4n) is 2.59. The van der Waals surface area contributed by atoms with Gasteiger partial charge in [0, 0.05) is 7.05 Å². The Labute approximate surface area is 184 Å². The van der Waals surface area contributed by atoms with Crippen molar-refractivity contribution in [2.45, 2.75) is 6.92 Å². The SMILES string of the molecule is CCOc1cc(/C=C2\SC(=S)N(C)C2=O)cc(Cl)c1OCCOc1ccccc1. The van der Waals surface area contributed by atoms with E-state index in [9.17, 15) is 4.79 Å². The van der Waals surface area contributed by atoms with Crippen LogP contribution in [0.15, 0.2) is 47.4 Å². The molecule has 29 heavy (non-hydrogen) atoms. The normalized spacial score (nSPS) is 15.1. The predicted octanol–water partition coefficient (Wildman–Crippen LogP) is 5.03. The van der Waals surface area contributed by atoms with Gasteiger partial charge in [-0.15, -0.1) is 0 Å². The average molecular weight is 450 g/mol. The summed E-state index contributed by atoms with van der Waals surface area (Å²) in [4.78, 5) is 14.2. The third-order valence-corrected chi connectivity index (χ3v) is 5.72. The molecule has 1 fully saturated rings. The third-order valence-electron chi connectivity index (χ3n) is 3.96. The van der Waals surface area contributed by atoms with E-state index in [0.717, 1.165) is 11.3 Å². The molecular weight excluding hydrogens is 430 g/mol. The summed E-state index contributed by atoms with van der Waals surface area (Å²) in [7, 11) is 1.66. The van der Waals surface area contributed by atoms with Gasteiger partial charge in [-0.3, -0.25) is 9.69 Å². The van der Waals surface area contributed by atoms with Gasteiger partial charge in [-0.05, 0) is 42.8 Å². The van der Waals surface area contributed by atoms with Crippen LogP contribution in [0, 0.1) is 0 Å². The number of hydrogen-bond donors (Lipinski definition) is 0. The molecule has 152 valence electrons. The molecule has 0 radical (unpaired) electrons. The first-order chi connectivity index (χ1) is 14.0. The van der Waals surface area contributed by atoms with E-state index in [2.05, 4.69) is 0 Å². The molecule has 0 unspecified atom stereocenters. The number of benzene rings is 2. The quantitative estimate of drug-likeness (QED) is 0.320. The van der Waals surface area contributed by atoms with E-state index < -0.39 is 0 Å². The maximum absolute atomic E-state index is 12.2. The lowest BCUT2D eigenvalue weighted by atomic mass is 10.1. The van der Waals surface area contributed by atoms with E-state index in [1.54, 1.807) is 25.3 Å². The van der Waals surface area contributed by atoms with Crippen LogP contribution in [0.4, 0.5) is 0 Å². The van der Waals surface area contributed by atoms with Gasteiger partial charge >= 0.3 is 0 Å². The zero-order valence-corrected chi connectivity index (χ0v) is 18.4. The van der Waals surface area contributed by atoms with Crippen molar-refractivity contribution in [3.63, 3.8) is 0 Å². The lowest BCUT2D eigenvalue weighted by Crippen LogP contribution is -2.22. The molecule has 8 heteroatoms. The zero-order chi connectivity index (χ0) is 20.8. The Morgan fingerprint density at radius 3 is 2.52 bits per heavy atom. The Balaban J connectivity index is 1.72. The minimum atomic E-state index is -0.132. The number of rotatable bonds is 8. The molecule has 0 aliphatic carbocycles. The fraction of sp³-hybridized carbons (Fsp3) is 0.238. The minimum Gasteiger partial charge on any atom is -0.490 e. The van der Waals surface area contributed by atoms with E-state index in [-0.39, 0.29) is 5.91 Å². The van der Waals surface area contributed by atoms with Gasteiger partial charge in [0.15, 0.2) is 11.5 Å². The number of carbonyl (C=O) groups is 1. The second-order valence-electron chi connectivity index (χ2n) is 6.01. The van der Waals surface area contributed by atoms with Gasteiger partial charge in [0.2, 0.25) is 0 Å². The average Bonchev–Trinajstić information content (AvgIpc) is 2.94. The second kappa shape index (κ2) is 10.0. The number of ether oxygens (including phenoxy) is 3. The Morgan fingerprint density at radius 1 is 1.14 bits per heavy atom. The van der Waals surface area contributed by atoms with Crippen LogP contribution in [-0.4, -0.2) is 42.0 Å². The summed E-state index contributed by atoms with van der Waals surface area (Å²) in [5.74, 6) is 1.60. The number of amides is 1. The number of thiocarbonyl (C=S) groups is 1. The number of nitrogens with zero attached hydrogens (tertiary/aromatic N) is 1. The van der Waals surface area contributed by atoms with Gasteiger partial charge in [-0.25, -0.2) is 0 Å². The highest BCUT2D eigenvalue weighted by molar-refractivity contribution is 8.26. The molecule has 1 heterocycles. The molecule has 1 aliphatic heterocycles. The Bertz CT molecular complexity index is 934. The highest BCUT2D eigenvalue weighted by Gasteiger charge is 2.28. The van der Waals surface area contributed by atoms with Gasteiger partial charge in [0.05, 0.1) is 16.5 Å². The molecule has 0 spiro atoms. The van der Waals surface area contributed by atoms with Crippen LogP contribution in [0.25, 0.3) is 6.08 Å². The summed E-state index contributed by atoms with van der Waals surface area (Å²) < 4.78 is 17.7. The third kappa shape index (κ3) is 5.44. The Hall–Kier alpha value is -2.22. The van der Waals surface area contributed by atoms with Crippen molar-refractivity contribution in [2.75, 3.05) is 26.9 Å². The Morgan fingerprint density at radius 2 is 1.86 bits per heavy atom. The molecule has 0 bridgehead atoms. The lowest BCUT2D eigenvalue weighted by Gasteiger charge is -2.15. The van der Waals surface area contributed by atoms with Crippen molar-refractivity contribution in [3.05, 3.63) is 58.0 Å². The first-order valence-electron chi connectivity index (χ1n) is 8.98. The molecule has 2 aromatic rings. The molecule has 2 aromatic carbocycles. The van der Waals surface area contributed by atoms with Gasteiger partial charge < -0.3 is 14.2 Å². The zero-order valence-electron chi connectivity index (χ0n) is 16.0. The molecule has 0 N–H and O–H groups in total. The number of halogens is 1. The van der Waals surface area contributed by atoms with Crippen LogP contribution in [0.1, 0.15) is 12.5 Å². The Kier molecular flexibility index (Phi) is 7.41. The molecule has 1 saturated heterocycles. The monoisotopic (exact) mass is 449 g/mol. The topological polar surface area (TPSA) is 48.0 Å². The fourth-order valence-corrected chi connectivity index (χ4v) is 4.04. The van der Waals surface area contributed by atoms with Crippen molar-refractivity contribution in [1.82, 2.24) is 4.90 Å². The number of hydrogen-bond acceptors (Lipinski definition) is 6. The van der Waals surface area contributed by atoms with Crippen LogP contribution >= 0.6 is 35.6 Å². The van der Waals surface area contributed by atoms with Crippen molar-refractivity contribution < 1.29 is 19.0 Å². The largest absolute Gasteiger partial charge is 0.490 e. The van der Waals surface area contributed by atoms with Crippen molar-refractivity contribution in [1.29, 1.82) is 0 Å². The molecule has 3 rings (SSSR count). The molecular formula is C21H20ClNO4S2. The minimum absolute atomic E-state index is 0.132. The standard InChI is InChI=1S/C21H20ClNO4S2/c1-3-25-17-12-14(13-18-20(24)23(2)21(28)29-18)11-16(22)19(17)27-10-9-26-15-7-5-4-6-8-15/h4-8,11-13H,3,9-10H2,1-2H3/b18-13-. The molecule has 1 aliphatic rings. The summed E-state index contributed by atoms with van der Waals surface area (Å²) in [6.07, 6.45) is 1.75. The van der Waals surface area contributed by atoms with E-state index in [4.69, 9.17) is 38.0 Å². The first-order valence-corrected chi connectivity index (χ1v) is 10.6. The molecule has 0 saturated carbocycles. The van der Waals surface area contributed by atoms with Crippen LogP contribution in [0.3, 0.4) is 0 Å². The number of likely N-dealkylation sites (N-methyl/N-ethyl adjacent to an activating group) is 1. The van der Waals surface area contributed by atoms with Crippen LogP contribution in [0.5, 0.6) is 17.2 Å². The highest BCUT2D eigenvalue weighted by atomic mass is 35.5. The molecule has 1 amide bonds. The molecule has 0 atom stereocenters. The van der Waals surface area contributed by atoms with E-state index in [1.165, 1.54) is 16.7 Å². The van der Waals surface area contributed by atoms with E-state index in [0.29, 0.717) is 45.6 Å². The maximum Gasteiger partial charge on any atom is 0.265 e. The summed E-state index contributed by atoms with van der Waals surface area (Å²) in [6.45, 7) is 3.01. The van der Waals surface area contributed by atoms with E-state index in [1.807, 2.05) is 37.3 Å². The van der Waals surface area contributed by atoms with Gasteiger partial charge in [0.25, 0.3) is 5.91 Å². The first kappa shape index (κ1) is 21.5. The smallest absolute Gasteiger partial charge is 0.265 e.